The van der Waals surface area contributed by atoms with E-state index in [0.29, 0.717) is 41.8 Å². The van der Waals surface area contributed by atoms with Gasteiger partial charge in [-0.3, -0.25) is 4.57 Å². The summed E-state index contributed by atoms with van der Waals surface area (Å²) in [7, 11) is 1.51. The second-order valence-electron chi connectivity index (χ2n) is 8.09. The Bertz CT molecular complexity index is 1370. The molecular weight excluding hydrogens is 466 g/mol. The number of imidazole rings is 1. The van der Waals surface area contributed by atoms with Crippen molar-refractivity contribution < 1.29 is 27.0 Å². The van der Waals surface area contributed by atoms with Crippen molar-refractivity contribution in [1.82, 2.24) is 19.5 Å². The van der Waals surface area contributed by atoms with Crippen molar-refractivity contribution in [3.05, 3.63) is 60.0 Å². The maximum absolute atomic E-state index is 14.0. The van der Waals surface area contributed by atoms with Gasteiger partial charge < -0.3 is 14.8 Å². The van der Waals surface area contributed by atoms with Crippen LogP contribution < -0.4 is 10.1 Å². The van der Waals surface area contributed by atoms with Gasteiger partial charge in [-0.15, -0.1) is 0 Å². The molecule has 35 heavy (non-hydrogen) atoms. The molecule has 1 N–H and O–H groups in total. The molecule has 5 rings (SSSR count). The van der Waals surface area contributed by atoms with Crippen molar-refractivity contribution in [3.63, 3.8) is 0 Å². The van der Waals surface area contributed by atoms with Crippen LogP contribution in [0.2, 0.25) is 0 Å². The number of rotatable bonds is 5. The number of nitrogens with zero attached hydrogens (tertiary/aromatic N) is 4. The fourth-order valence-electron chi connectivity index (χ4n) is 4.06. The molecule has 2 aromatic carbocycles. The Labute approximate surface area is 197 Å². The summed E-state index contributed by atoms with van der Waals surface area (Å²) in [5.74, 6) is 0.138. The lowest BCUT2D eigenvalue weighted by Gasteiger charge is -2.23. The Kier molecular flexibility index (Phi) is 6.01. The normalized spacial score (nSPS) is 14.9. The predicted molar refractivity (Wildman–Crippen MR) is 121 cm³/mol. The van der Waals surface area contributed by atoms with Crippen LogP contribution in [-0.4, -0.2) is 45.9 Å². The maximum Gasteiger partial charge on any atom is 0.419 e. The third-order valence-corrected chi connectivity index (χ3v) is 5.82. The molecule has 11 heteroatoms. The highest BCUT2D eigenvalue weighted by Crippen LogP contribution is 2.36. The van der Waals surface area contributed by atoms with Crippen molar-refractivity contribution in [2.45, 2.75) is 25.1 Å². The van der Waals surface area contributed by atoms with Crippen molar-refractivity contribution in [2.75, 3.05) is 25.6 Å². The molecule has 7 nitrogen and oxygen atoms in total. The minimum atomic E-state index is -4.85. The Morgan fingerprint density at radius 2 is 1.86 bits per heavy atom. The molecule has 2 aromatic heterocycles. The van der Waals surface area contributed by atoms with Gasteiger partial charge in [0.1, 0.15) is 23.2 Å². The quantitative estimate of drug-likeness (QED) is 0.388. The predicted octanol–water partition coefficient (Wildman–Crippen LogP) is 5.24. The lowest BCUT2D eigenvalue weighted by atomic mass is 10.1. The monoisotopic (exact) mass is 487 g/mol. The molecule has 0 bridgehead atoms. The van der Waals surface area contributed by atoms with Crippen LogP contribution in [0.5, 0.6) is 5.75 Å². The summed E-state index contributed by atoms with van der Waals surface area (Å²) in [4.78, 5) is 13.5. The number of methoxy groups -OCH3 is 1. The average Bonchev–Trinajstić information content (AvgIpc) is 3.23. The molecule has 1 aliphatic rings. The van der Waals surface area contributed by atoms with Gasteiger partial charge in [0.15, 0.2) is 0 Å². The second-order valence-corrected chi connectivity index (χ2v) is 8.09. The fourth-order valence-corrected chi connectivity index (χ4v) is 4.06. The minimum absolute atomic E-state index is 0.0893. The van der Waals surface area contributed by atoms with E-state index in [1.165, 1.54) is 13.2 Å². The van der Waals surface area contributed by atoms with Gasteiger partial charge in [-0.25, -0.2) is 14.4 Å². The smallest absolute Gasteiger partial charge is 0.419 e. The summed E-state index contributed by atoms with van der Waals surface area (Å²) in [6.45, 7) is 1.28. The zero-order valence-electron chi connectivity index (χ0n) is 18.6. The van der Waals surface area contributed by atoms with Crippen LogP contribution >= 0.6 is 0 Å². The maximum atomic E-state index is 14.0. The highest BCUT2D eigenvalue weighted by atomic mass is 19.4. The van der Waals surface area contributed by atoms with Crippen molar-refractivity contribution in [2.24, 2.45) is 0 Å². The summed E-state index contributed by atoms with van der Waals surface area (Å²) in [5, 5.41) is 3.29. The summed E-state index contributed by atoms with van der Waals surface area (Å²) in [6.07, 6.45) is -1.67. The van der Waals surface area contributed by atoms with Crippen LogP contribution in [0.25, 0.3) is 28.2 Å². The number of anilines is 1. The van der Waals surface area contributed by atoms with Gasteiger partial charge in [-0.1, -0.05) is 0 Å². The number of halogens is 4. The Balaban J connectivity index is 1.65. The first-order valence-corrected chi connectivity index (χ1v) is 10.9. The number of hydrogen-bond donors (Lipinski definition) is 1. The van der Waals surface area contributed by atoms with Gasteiger partial charge >= 0.3 is 6.18 Å². The fraction of sp³-hybridized carbons (Fsp3) is 0.292. The summed E-state index contributed by atoms with van der Waals surface area (Å²) >= 11 is 0. The van der Waals surface area contributed by atoms with E-state index in [4.69, 9.17) is 9.47 Å². The van der Waals surface area contributed by atoms with Gasteiger partial charge in [0.05, 0.1) is 23.7 Å². The van der Waals surface area contributed by atoms with E-state index in [1.807, 2.05) is 0 Å². The molecule has 4 aromatic rings. The summed E-state index contributed by atoms with van der Waals surface area (Å²) < 4.78 is 66.5. The van der Waals surface area contributed by atoms with E-state index in [1.54, 1.807) is 35.0 Å². The lowest BCUT2D eigenvalue weighted by molar-refractivity contribution is -0.139. The first-order chi connectivity index (χ1) is 16.8. The second kappa shape index (κ2) is 9.14. The van der Waals surface area contributed by atoms with E-state index >= 15 is 0 Å². The molecule has 0 atom stereocenters. The zero-order chi connectivity index (χ0) is 24.6. The number of nitrogens with one attached hydrogen (secondary N) is 1. The molecular formula is C24H21F4N5O2. The molecule has 1 saturated heterocycles. The van der Waals surface area contributed by atoms with Crippen molar-refractivity contribution in [1.29, 1.82) is 0 Å². The Morgan fingerprint density at radius 3 is 2.60 bits per heavy atom. The van der Waals surface area contributed by atoms with E-state index in [2.05, 4.69) is 20.3 Å². The molecule has 3 heterocycles. The molecule has 0 aliphatic carbocycles. The van der Waals surface area contributed by atoms with Gasteiger partial charge in [0, 0.05) is 37.1 Å². The number of benzene rings is 2. The molecule has 0 unspecified atom stereocenters. The molecule has 0 saturated carbocycles. The lowest BCUT2D eigenvalue weighted by Crippen LogP contribution is -2.28. The highest BCUT2D eigenvalue weighted by Gasteiger charge is 2.34. The topological polar surface area (TPSA) is 74.1 Å². The van der Waals surface area contributed by atoms with E-state index in [0.717, 1.165) is 25.0 Å². The highest BCUT2D eigenvalue weighted by molar-refractivity contribution is 5.84. The average molecular weight is 487 g/mol. The number of alkyl halides is 3. The number of ether oxygens (including phenoxy) is 2. The number of fused-ring (bicyclic) bond motifs is 1. The van der Waals surface area contributed by atoms with Crippen LogP contribution in [0.3, 0.4) is 0 Å². The summed E-state index contributed by atoms with van der Waals surface area (Å²) in [5.41, 5.74) is -0.202. The van der Waals surface area contributed by atoms with Gasteiger partial charge in [0.25, 0.3) is 0 Å². The first kappa shape index (κ1) is 23.0. The third-order valence-electron chi connectivity index (χ3n) is 5.82. The molecule has 0 amide bonds. The summed E-state index contributed by atoms with van der Waals surface area (Å²) in [6, 6.07) is 9.73. The number of aromatic nitrogens is 4. The molecule has 1 aliphatic heterocycles. The van der Waals surface area contributed by atoms with Gasteiger partial charge in [-0.2, -0.15) is 18.2 Å². The largest absolute Gasteiger partial charge is 0.497 e. The van der Waals surface area contributed by atoms with Crippen LogP contribution in [0.4, 0.5) is 23.5 Å². The van der Waals surface area contributed by atoms with E-state index in [9.17, 15) is 17.6 Å². The Hall–Kier alpha value is -3.73. The van der Waals surface area contributed by atoms with Gasteiger partial charge in [0.2, 0.25) is 5.95 Å². The molecule has 182 valence electrons. The van der Waals surface area contributed by atoms with Crippen LogP contribution in [-0.2, 0) is 10.9 Å². The van der Waals surface area contributed by atoms with E-state index < -0.39 is 17.6 Å². The van der Waals surface area contributed by atoms with Crippen molar-refractivity contribution in [3.8, 4) is 23.0 Å². The first-order valence-electron chi connectivity index (χ1n) is 10.9. The van der Waals surface area contributed by atoms with Crippen LogP contribution in [0, 0.1) is 5.82 Å². The third kappa shape index (κ3) is 4.63. The zero-order valence-corrected chi connectivity index (χ0v) is 18.6. The standard InChI is InChI=1S/C24H21F4N5O2/c1-34-16-3-5-20-19(13-16)31-22(14-2-4-18(25)17(12-14)24(26,27)28)33(20)21-6-9-29-23(32-21)30-15-7-10-35-11-8-15/h2-6,9,12-13,15H,7-8,10-11H2,1H3,(H,29,30,32). The SMILES string of the molecule is COc1ccc2c(c1)nc(-c1ccc(F)c(C(F)(F)F)c1)n2-c1ccnc(NC2CCOCC2)n1. The van der Waals surface area contributed by atoms with Crippen molar-refractivity contribution >= 4 is 17.0 Å². The number of hydrogen-bond acceptors (Lipinski definition) is 6. The molecule has 0 radical (unpaired) electrons. The minimum Gasteiger partial charge on any atom is -0.497 e. The molecule has 0 spiro atoms. The van der Waals surface area contributed by atoms with Crippen LogP contribution in [0.1, 0.15) is 18.4 Å². The van der Waals surface area contributed by atoms with Gasteiger partial charge in [-0.05, 0) is 49.2 Å². The van der Waals surface area contributed by atoms with E-state index in [-0.39, 0.29) is 17.4 Å². The van der Waals surface area contributed by atoms with Crippen LogP contribution in [0.15, 0.2) is 48.7 Å². The Morgan fingerprint density at radius 1 is 1.06 bits per heavy atom. The molecule has 1 fully saturated rings.